The van der Waals surface area contributed by atoms with E-state index in [1.165, 1.54) is 6.33 Å². The fourth-order valence-corrected chi connectivity index (χ4v) is 3.21. The van der Waals surface area contributed by atoms with Gasteiger partial charge in [-0.3, -0.25) is 0 Å². The Morgan fingerprint density at radius 3 is 3.11 bits per heavy atom. The zero-order chi connectivity index (χ0) is 13.4. The van der Waals surface area contributed by atoms with Gasteiger partial charge >= 0.3 is 0 Å². The van der Waals surface area contributed by atoms with E-state index in [4.69, 9.17) is 10.3 Å². The summed E-state index contributed by atoms with van der Waals surface area (Å²) < 4.78 is 7.51. The van der Waals surface area contributed by atoms with Gasteiger partial charge in [0.15, 0.2) is 11.5 Å². The first-order valence-corrected chi connectivity index (χ1v) is 8.36. The highest BCUT2D eigenvalue weighted by Crippen LogP contribution is 2.45. The Morgan fingerprint density at radius 1 is 1.53 bits per heavy atom. The number of hydrogen-bond donors (Lipinski definition) is 2. The van der Waals surface area contributed by atoms with Crippen LogP contribution in [0.15, 0.2) is 12.7 Å². The van der Waals surface area contributed by atoms with Crippen LogP contribution in [0.3, 0.4) is 0 Å². The maximum Gasteiger partial charge on any atom is 0.165 e. The van der Waals surface area contributed by atoms with Gasteiger partial charge in [-0.25, -0.2) is 15.0 Å². The summed E-state index contributed by atoms with van der Waals surface area (Å²) >= 11 is 4.09. The van der Waals surface area contributed by atoms with Crippen molar-refractivity contribution in [3.8, 4) is 0 Å². The lowest BCUT2D eigenvalue weighted by atomic mass is 9.70. The minimum Gasteiger partial charge on any atom is -0.382 e. The topological polar surface area (TPSA) is 78.9 Å². The molecule has 0 saturated heterocycles. The second-order valence-electron chi connectivity index (χ2n) is 4.91. The monoisotopic (exact) mass is 297 g/mol. The second-order valence-corrected chi connectivity index (χ2v) is 5.93. The van der Waals surface area contributed by atoms with Crippen LogP contribution in [0.5, 0.6) is 0 Å². The maximum absolute atomic E-state index is 5.80. The highest BCUT2D eigenvalue weighted by molar-refractivity contribution is 8.36. The molecule has 2 aromatic rings. The van der Waals surface area contributed by atoms with Gasteiger partial charge in [0, 0.05) is 6.04 Å². The maximum atomic E-state index is 5.80. The van der Waals surface area contributed by atoms with Crippen molar-refractivity contribution in [3.05, 3.63) is 12.7 Å². The molecular weight excluding hydrogens is 281 g/mol. The molecule has 2 heterocycles. The Kier molecular flexibility index (Phi) is 3.60. The number of anilines is 1. The lowest BCUT2D eigenvalue weighted by Gasteiger charge is -2.43. The van der Waals surface area contributed by atoms with Crippen LogP contribution in [-0.4, -0.2) is 26.1 Å². The summed E-state index contributed by atoms with van der Waals surface area (Å²) in [5.41, 5.74) is 7.31. The Morgan fingerprint density at radius 2 is 2.37 bits per heavy atom. The van der Waals surface area contributed by atoms with Crippen LogP contribution in [0.1, 0.15) is 19.4 Å². The molecule has 0 amide bonds. The molecule has 2 aromatic heterocycles. The van der Waals surface area contributed by atoms with E-state index in [1.807, 2.05) is 6.33 Å². The van der Waals surface area contributed by atoms with Crippen LogP contribution in [0.4, 0.5) is 5.82 Å². The third-order valence-electron chi connectivity index (χ3n) is 4.00. The van der Waals surface area contributed by atoms with Crippen molar-refractivity contribution in [2.24, 2.45) is 11.8 Å². The van der Waals surface area contributed by atoms with Crippen molar-refractivity contribution in [1.29, 1.82) is 0 Å². The molecule has 1 saturated carbocycles. The normalized spacial score (nSPS) is 27.2. The zero-order valence-corrected chi connectivity index (χ0v) is 12.4. The van der Waals surface area contributed by atoms with E-state index in [-0.39, 0.29) is 8.01 Å². The predicted molar refractivity (Wildman–Crippen MR) is 79.3 cm³/mol. The fraction of sp³-hybridized carbons (Fsp3) is 0.545. The lowest BCUT2D eigenvalue weighted by molar-refractivity contribution is 0.0595. The molecule has 19 heavy (non-hydrogen) atoms. The minimum absolute atomic E-state index is 0.263. The van der Waals surface area contributed by atoms with Crippen LogP contribution in [-0.2, 0) is 4.52 Å². The predicted octanol–water partition coefficient (Wildman–Crippen LogP) is 2.06. The summed E-state index contributed by atoms with van der Waals surface area (Å²) in [6, 6.07) is 0.413. The van der Waals surface area contributed by atoms with E-state index in [0.29, 0.717) is 29.2 Å². The molecule has 1 aliphatic rings. The molecule has 1 unspecified atom stereocenters. The number of aromatic nitrogens is 4. The highest BCUT2D eigenvalue weighted by Gasteiger charge is 2.39. The van der Waals surface area contributed by atoms with E-state index >= 15 is 0 Å². The van der Waals surface area contributed by atoms with E-state index in [2.05, 4.69) is 38.7 Å². The Balaban J connectivity index is 1.81. The lowest BCUT2D eigenvalue weighted by Crippen LogP contribution is -2.38. The smallest absolute Gasteiger partial charge is 0.165 e. The molecule has 4 atom stereocenters. The molecule has 1 fully saturated rings. The molecule has 2 N–H and O–H groups in total. The molecule has 0 bridgehead atoms. The molecule has 8 heteroatoms. The van der Waals surface area contributed by atoms with Crippen molar-refractivity contribution in [2.75, 3.05) is 12.3 Å². The number of hydrogen-bond acceptors (Lipinski definition) is 6. The van der Waals surface area contributed by atoms with E-state index < -0.39 is 0 Å². The van der Waals surface area contributed by atoms with Crippen LogP contribution >= 0.6 is 20.3 Å². The Hall–Kier alpha value is -0.910. The largest absolute Gasteiger partial charge is 0.382 e. The Bertz CT molecular complexity index is 591. The van der Waals surface area contributed by atoms with Gasteiger partial charge in [-0.1, -0.05) is 6.92 Å². The van der Waals surface area contributed by atoms with E-state index in [9.17, 15) is 0 Å². The summed E-state index contributed by atoms with van der Waals surface area (Å²) in [6.45, 7) is 3.02. The Labute approximate surface area is 118 Å². The minimum atomic E-state index is 0.263. The SMILES string of the molecule is C[C@@H]1[C@@H](COPS)C[C@H]1n1cnc2c(N)ncnc21. The number of fused-ring (bicyclic) bond motifs is 1. The average molecular weight is 297 g/mol. The van der Waals surface area contributed by atoms with Crippen LogP contribution in [0.25, 0.3) is 11.2 Å². The third-order valence-corrected chi connectivity index (χ3v) is 4.68. The van der Waals surface area contributed by atoms with Crippen molar-refractivity contribution < 1.29 is 4.52 Å². The van der Waals surface area contributed by atoms with Crippen molar-refractivity contribution in [2.45, 2.75) is 19.4 Å². The fourth-order valence-electron chi connectivity index (χ4n) is 2.70. The van der Waals surface area contributed by atoms with Crippen LogP contribution < -0.4 is 5.73 Å². The van der Waals surface area contributed by atoms with Crippen LogP contribution in [0.2, 0.25) is 0 Å². The zero-order valence-electron chi connectivity index (χ0n) is 10.5. The van der Waals surface area contributed by atoms with Gasteiger partial charge in [-0.05, 0) is 18.3 Å². The summed E-state index contributed by atoms with van der Waals surface area (Å²) in [6.07, 6.45) is 4.38. The van der Waals surface area contributed by atoms with Gasteiger partial charge in [0.25, 0.3) is 0 Å². The quantitative estimate of drug-likeness (QED) is 0.667. The van der Waals surface area contributed by atoms with Crippen molar-refractivity contribution in [3.63, 3.8) is 0 Å². The van der Waals surface area contributed by atoms with Gasteiger partial charge in [-0.2, -0.15) is 0 Å². The highest BCUT2D eigenvalue weighted by atomic mass is 32.7. The van der Waals surface area contributed by atoms with Crippen LogP contribution in [0, 0.1) is 11.8 Å². The molecule has 0 radical (unpaired) electrons. The number of nitrogens with two attached hydrogens (primary N) is 1. The molecule has 102 valence electrons. The molecule has 6 nitrogen and oxygen atoms in total. The number of thiol groups is 1. The van der Waals surface area contributed by atoms with Crippen molar-refractivity contribution >= 4 is 37.2 Å². The number of rotatable bonds is 4. The summed E-state index contributed by atoms with van der Waals surface area (Å²) in [5.74, 6) is 1.56. The molecule has 1 aliphatic carbocycles. The van der Waals surface area contributed by atoms with Crippen molar-refractivity contribution in [1.82, 2.24) is 19.5 Å². The standard InChI is InChI=1S/C11H16N5OPS/c1-6-7(3-17-18-19)2-8(6)16-5-15-9-10(12)13-4-14-11(9)16/h4-8,18-19H,2-3H2,1H3,(H2,12,13,14)/t6-,7-,8-/m1/s1. The van der Waals surface area contributed by atoms with E-state index in [0.717, 1.165) is 18.7 Å². The van der Waals surface area contributed by atoms with Gasteiger partial charge in [0.2, 0.25) is 0 Å². The number of nitrogen functional groups attached to an aromatic ring is 1. The second kappa shape index (κ2) is 5.23. The molecule has 0 aromatic carbocycles. The molecular formula is C11H16N5OPS. The van der Waals surface area contributed by atoms with E-state index in [1.54, 1.807) is 0 Å². The van der Waals surface area contributed by atoms with Gasteiger partial charge < -0.3 is 14.8 Å². The number of imidazole rings is 1. The van der Waals surface area contributed by atoms with Gasteiger partial charge in [0.05, 0.1) is 20.9 Å². The first kappa shape index (κ1) is 13.1. The average Bonchev–Trinajstić information content (AvgIpc) is 2.82. The van der Waals surface area contributed by atoms with Gasteiger partial charge in [-0.15, -0.1) is 12.2 Å². The first-order chi connectivity index (χ1) is 9.22. The molecule has 0 aliphatic heterocycles. The summed E-state index contributed by atoms with van der Waals surface area (Å²) in [4.78, 5) is 12.6. The summed E-state index contributed by atoms with van der Waals surface area (Å²) in [7, 11) is 0.263. The third kappa shape index (κ3) is 2.20. The molecule has 3 rings (SSSR count). The molecule has 0 spiro atoms. The summed E-state index contributed by atoms with van der Waals surface area (Å²) in [5, 5.41) is 0. The number of nitrogens with zero attached hydrogens (tertiary/aromatic N) is 4. The first-order valence-electron chi connectivity index (χ1n) is 6.16. The van der Waals surface area contributed by atoms with Gasteiger partial charge in [0.1, 0.15) is 11.8 Å².